The summed E-state index contributed by atoms with van der Waals surface area (Å²) in [6.07, 6.45) is 0. The van der Waals surface area contributed by atoms with Gasteiger partial charge in [-0.2, -0.15) is 0 Å². The highest BCUT2D eigenvalue weighted by Crippen LogP contribution is 2.25. The highest BCUT2D eigenvalue weighted by Gasteiger charge is 2.32. The second kappa shape index (κ2) is 2.27. The molecule has 2 N–H and O–H groups in total. The third-order valence-electron chi connectivity index (χ3n) is 1.54. The van der Waals surface area contributed by atoms with Gasteiger partial charge in [-0.1, -0.05) is 0 Å². The summed E-state index contributed by atoms with van der Waals surface area (Å²) in [6, 6.07) is 0. The predicted octanol–water partition coefficient (Wildman–Crippen LogP) is -0.809. The van der Waals surface area contributed by atoms with Gasteiger partial charge in [0.15, 0.2) is 0 Å². The molecule has 0 bridgehead atoms. The number of hydrogen-bond donors (Lipinski definition) is 2. The smallest absolute Gasteiger partial charge is 0.275 e. The van der Waals surface area contributed by atoms with Crippen molar-refractivity contribution >= 4 is 23.6 Å². The molecule has 5 heteroatoms. The van der Waals surface area contributed by atoms with Crippen molar-refractivity contribution in [3.63, 3.8) is 0 Å². The number of carbonyl (C=O) groups is 2. The van der Waals surface area contributed by atoms with E-state index < -0.39 is 0 Å². The maximum atomic E-state index is 11.0. The van der Waals surface area contributed by atoms with Crippen LogP contribution in [0.3, 0.4) is 0 Å². The Balaban J connectivity index is 2.40. The molecular formula is C6H6N2O2S. The lowest BCUT2D eigenvalue weighted by Crippen LogP contribution is -2.28. The van der Waals surface area contributed by atoms with Crippen molar-refractivity contribution < 1.29 is 9.59 Å². The Morgan fingerprint density at radius 3 is 2.82 bits per heavy atom. The molecule has 0 unspecified atom stereocenters. The monoisotopic (exact) mass is 170 g/mol. The number of hydrogen-bond acceptors (Lipinski definition) is 4. The number of thioether (sulfide) groups is 1. The zero-order valence-electron chi connectivity index (χ0n) is 5.64. The van der Waals surface area contributed by atoms with Crippen molar-refractivity contribution in [3.8, 4) is 0 Å². The Labute approximate surface area is 67.4 Å². The maximum absolute atomic E-state index is 11.0. The van der Waals surface area contributed by atoms with Gasteiger partial charge in [-0.3, -0.25) is 14.9 Å². The minimum atomic E-state index is -0.294. The lowest BCUT2D eigenvalue weighted by molar-refractivity contribution is -0.124. The van der Waals surface area contributed by atoms with Crippen molar-refractivity contribution in [3.05, 3.63) is 10.6 Å². The molecule has 0 radical (unpaired) electrons. The van der Waals surface area contributed by atoms with Crippen LogP contribution in [0.1, 0.15) is 0 Å². The average Bonchev–Trinajstić information content (AvgIpc) is 2.30. The van der Waals surface area contributed by atoms with E-state index in [0.717, 1.165) is 12.3 Å². The van der Waals surface area contributed by atoms with E-state index >= 15 is 0 Å². The van der Waals surface area contributed by atoms with Gasteiger partial charge < -0.3 is 5.32 Å². The summed E-state index contributed by atoms with van der Waals surface area (Å²) >= 11 is 1.43. The number of nitrogens with one attached hydrogen (secondary N) is 2. The fourth-order valence-corrected chi connectivity index (χ4v) is 1.97. The van der Waals surface area contributed by atoms with E-state index in [4.69, 9.17) is 0 Å². The summed E-state index contributed by atoms with van der Waals surface area (Å²) in [5, 5.41) is 5.11. The molecule has 2 amide bonds. The molecule has 2 aliphatic rings. The van der Waals surface area contributed by atoms with Gasteiger partial charge in [0.05, 0.1) is 0 Å². The fraction of sp³-hybridized carbons (Fsp3) is 0.333. The Morgan fingerprint density at radius 1 is 1.27 bits per heavy atom. The van der Waals surface area contributed by atoms with Crippen LogP contribution in [0.15, 0.2) is 10.6 Å². The van der Waals surface area contributed by atoms with Crippen molar-refractivity contribution in [1.82, 2.24) is 10.6 Å². The molecule has 11 heavy (non-hydrogen) atoms. The van der Waals surface area contributed by atoms with E-state index in [1.54, 1.807) is 0 Å². The van der Waals surface area contributed by atoms with Crippen molar-refractivity contribution in [2.75, 3.05) is 12.3 Å². The first-order chi connectivity index (χ1) is 5.29. The fourth-order valence-electron chi connectivity index (χ4n) is 1.07. The Bertz CT molecular complexity index is 246. The van der Waals surface area contributed by atoms with Crippen LogP contribution in [0.4, 0.5) is 0 Å². The first kappa shape index (κ1) is 6.72. The van der Waals surface area contributed by atoms with Crippen molar-refractivity contribution in [2.24, 2.45) is 0 Å². The van der Waals surface area contributed by atoms with E-state index in [0.29, 0.717) is 10.6 Å². The molecule has 58 valence electrons. The first-order valence-electron chi connectivity index (χ1n) is 3.25. The molecule has 2 heterocycles. The van der Waals surface area contributed by atoms with Crippen LogP contribution in [-0.4, -0.2) is 24.1 Å². The molecule has 0 aliphatic carbocycles. The second-order valence-corrected chi connectivity index (χ2v) is 3.37. The van der Waals surface area contributed by atoms with E-state index in [1.807, 2.05) is 0 Å². The minimum Gasteiger partial charge on any atom is -0.379 e. The van der Waals surface area contributed by atoms with Gasteiger partial charge in [0.1, 0.15) is 10.6 Å². The van der Waals surface area contributed by atoms with E-state index in [2.05, 4.69) is 10.6 Å². The minimum absolute atomic E-state index is 0.262. The molecule has 0 atom stereocenters. The van der Waals surface area contributed by atoms with Crippen molar-refractivity contribution in [2.45, 2.75) is 0 Å². The SMILES string of the molecule is O=C1NC(=O)C2=C1NCCS2. The molecule has 0 fully saturated rings. The molecule has 2 rings (SSSR count). The summed E-state index contributed by atoms with van der Waals surface area (Å²) in [7, 11) is 0. The van der Waals surface area contributed by atoms with Crippen LogP contribution in [-0.2, 0) is 9.59 Å². The largest absolute Gasteiger partial charge is 0.379 e. The van der Waals surface area contributed by atoms with Crippen LogP contribution in [0.2, 0.25) is 0 Å². The normalized spacial score (nSPS) is 22.9. The number of rotatable bonds is 0. The Hall–Kier alpha value is -0.970. The molecule has 4 nitrogen and oxygen atoms in total. The van der Waals surface area contributed by atoms with Crippen LogP contribution in [0, 0.1) is 0 Å². The summed E-state index contributed by atoms with van der Waals surface area (Å²) in [5.41, 5.74) is 0.450. The molecule has 2 aliphatic heterocycles. The number of amides is 2. The zero-order valence-corrected chi connectivity index (χ0v) is 6.46. The van der Waals surface area contributed by atoms with Gasteiger partial charge in [0, 0.05) is 12.3 Å². The van der Waals surface area contributed by atoms with Gasteiger partial charge in [0.25, 0.3) is 11.8 Å². The van der Waals surface area contributed by atoms with Crippen LogP contribution in [0.25, 0.3) is 0 Å². The lowest BCUT2D eigenvalue weighted by atomic mass is 10.4. The molecular weight excluding hydrogens is 164 g/mol. The summed E-state index contributed by atoms with van der Waals surface area (Å²) in [4.78, 5) is 22.5. The van der Waals surface area contributed by atoms with Crippen LogP contribution in [0.5, 0.6) is 0 Å². The lowest BCUT2D eigenvalue weighted by Gasteiger charge is -2.11. The third kappa shape index (κ3) is 0.920. The number of carbonyl (C=O) groups excluding carboxylic acids is 2. The molecule has 0 aromatic carbocycles. The van der Waals surface area contributed by atoms with Crippen LogP contribution < -0.4 is 10.6 Å². The number of imide groups is 1. The summed E-state index contributed by atoms with van der Waals surface area (Å²) in [6.45, 7) is 0.754. The van der Waals surface area contributed by atoms with E-state index in [9.17, 15) is 9.59 Å². The molecule has 0 aromatic rings. The van der Waals surface area contributed by atoms with Gasteiger partial charge in [0.2, 0.25) is 0 Å². The molecule has 0 saturated heterocycles. The molecule has 0 aromatic heterocycles. The van der Waals surface area contributed by atoms with Gasteiger partial charge in [-0.05, 0) is 0 Å². The van der Waals surface area contributed by atoms with E-state index in [-0.39, 0.29) is 11.8 Å². The quantitative estimate of drug-likeness (QED) is 0.467. The highest BCUT2D eigenvalue weighted by molar-refractivity contribution is 8.04. The third-order valence-corrected chi connectivity index (χ3v) is 2.62. The Morgan fingerprint density at radius 2 is 2.09 bits per heavy atom. The zero-order chi connectivity index (χ0) is 7.84. The van der Waals surface area contributed by atoms with Crippen molar-refractivity contribution in [1.29, 1.82) is 0 Å². The highest BCUT2D eigenvalue weighted by atomic mass is 32.2. The topological polar surface area (TPSA) is 58.2 Å². The van der Waals surface area contributed by atoms with Gasteiger partial charge in [-0.25, -0.2) is 0 Å². The molecule has 0 spiro atoms. The Kier molecular flexibility index (Phi) is 1.38. The van der Waals surface area contributed by atoms with Crippen LogP contribution >= 0.6 is 11.8 Å². The average molecular weight is 170 g/mol. The second-order valence-electron chi connectivity index (χ2n) is 2.26. The standard InChI is InChI=1S/C6H6N2O2S/c9-5-3-4(6(10)8-5)11-2-1-7-3/h7H,1-2H2,(H,8,9,10). The van der Waals surface area contributed by atoms with E-state index in [1.165, 1.54) is 11.8 Å². The van der Waals surface area contributed by atoms with Gasteiger partial charge >= 0.3 is 0 Å². The summed E-state index contributed by atoms with van der Waals surface area (Å²) < 4.78 is 0. The molecule has 0 saturated carbocycles. The summed E-state index contributed by atoms with van der Waals surface area (Å²) in [5.74, 6) is 0.291. The predicted molar refractivity (Wildman–Crippen MR) is 40.6 cm³/mol. The maximum Gasteiger partial charge on any atom is 0.275 e. The van der Waals surface area contributed by atoms with Gasteiger partial charge in [-0.15, -0.1) is 11.8 Å². The first-order valence-corrected chi connectivity index (χ1v) is 4.24.